The Labute approximate surface area is 59.4 Å². The standard InChI is InChI=1S/C7H9N3/c8-5-6(9)7-3-1-2-4-10-7/h1-5,8,10H,9H2/b7-6+,8-5?. The topological polar surface area (TPSA) is 61.9 Å². The molecule has 0 aromatic rings. The molecule has 0 aliphatic carbocycles. The molecule has 1 aliphatic heterocycles. The third kappa shape index (κ3) is 1.25. The first-order valence-electron chi connectivity index (χ1n) is 2.94. The maximum absolute atomic E-state index is 6.84. The molecule has 0 saturated heterocycles. The van der Waals surface area contributed by atoms with Crippen molar-refractivity contribution in [2.45, 2.75) is 0 Å². The average Bonchev–Trinajstić information content (AvgIpc) is 2.05. The van der Waals surface area contributed by atoms with Crippen LogP contribution < -0.4 is 11.1 Å². The SMILES string of the molecule is N=C/C(N)=C1/C=CC=CN1. The highest BCUT2D eigenvalue weighted by molar-refractivity contribution is 5.76. The van der Waals surface area contributed by atoms with E-state index in [0.29, 0.717) is 5.70 Å². The van der Waals surface area contributed by atoms with Crippen molar-refractivity contribution in [2.75, 3.05) is 0 Å². The van der Waals surface area contributed by atoms with Crippen LogP contribution in [0.4, 0.5) is 0 Å². The molecule has 4 N–H and O–H groups in total. The van der Waals surface area contributed by atoms with Gasteiger partial charge in [0.15, 0.2) is 0 Å². The van der Waals surface area contributed by atoms with Crippen molar-refractivity contribution in [3.8, 4) is 0 Å². The zero-order valence-electron chi connectivity index (χ0n) is 5.46. The van der Waals surface area contributed by atoms with E-state index in [-0.39, 0.29) is 0 Å². The van der Waals surface area contributed by atoms with Crippen molar-refractivity contribution in [1.82, 2.24) is 5.32 Å². The summed E-state index contributed by atoms with van der Waals surface area (Å²) in [6, 6.07) is 0. The van der Waals surface area contributed by atoms with E-state index in [9.17, 15) is 0 Å². The fourth-order valence-corrected chi connectivity index (χ4v) is 0.651. The van der Waals surface area contributed by atoms with Gasteiger partial charge in [-0.25, -0.2) is 0 Å². The molecule has 3 heteroatoms. The summed E-state index contributed by atoms with van der Waals surface area (Å²) in [4.78, 5) is 0. The Hall–Kier alpha value is -1.51. The molecule has 0 unspecified atom stereocenters. The number of dihydropyridines is 1. The molecule has 10 heavy (non-hydrogen) atoms. The van der Waals surface area contributed by atoms with Crippen molar-refractivity contribution in [3.63, 3.8) is 0 Å². The lowest BCUT2D eigenvalue weighted by atomic mass is 10.2. The Balaban J connectivity index is 2.84. The first-order valence-corrected chi connectivity index (χ1v) is 2.94. The van der Waals surface area contributed by atoms with E-state index in [0.717, 1.165) is 11.9 Å². The molecule has 1 rings (SSSR count). The number of hydrogen-bond donors (Lipinski definition) is 3. The van der Waals surface area contributed by atoms with Crippen LogP contribution in [0, 0.1) is 5.41 Å². The minimum Gasteiger partial charge on any atom is -0.396 e. The Morgan fingerprint density at radius 2 is 2.40 bits per heavy atom. The van der Waals surface area contributed by atoms with Gasteiger partial charge in [-0.3, -0.25) is 0 Å². The molecule has 0 atom stereocenters. The van der Waals surface area contributed by atoms with Gasteiger partial charge in [0.25, 0.3) is 0 Å². The lowest BCUT2D eigenvalue weighted by Gasteiger charge is -2.05. The predicted molar refractivity (Wildman–Crippen MR) is 41.4 cm³/mol. The molecule has 1 aliphatic rings. The molecule has 0 saturated carbocycles. The Kier molecular flexibility index (Phi) is 1.89. The van der Waals surface area contributed by atoms with Crippen LogP contribution in [-0.2, 0) is 0 Å². The third-order valence-corrected chi connectivity index (χ3v) is 1.18. The van der Waals surface area contributed by atoms with Gasteiger partial charge in [0.2, 0.25) is 0 Å². The van der Waals surface area contributed by atoms with Crippen LogP contribution in [0.5, 0.6) is 0 Å². The van der Waals surface area contributed by atoms with E-state index in [2.05, 4.69) is 5.32 Å². The molecule has 0 aromatic carbocycles. The molecular weight excluding hydrogens is 126 g/mol. The highest BCUT2D eigenvalue weighted by atomic mass is 14.9. The lowest BCUT2D eigenvalue weighted by Crippen LogP contribution is -2.13. The predicted octanol–water partition coefficient (Wildman–Crippen LogP) is 0.479. The first-order chi connectivity index (χ1) is 4.84. The van der Waals surface area contributed by atoms with E-state index in [1.807, 2.05) is 18.2 Å². The number of hydrogen-bond acceptors (Lipinski definition) is 3. The summed E-state index contributed by atoms with van der Waals surface area (Å²) in [5.74, 6) is 0. The first kappa shape index (κ1) is 6.61. The zero-order chi connectivity index (χ0) is 7.40. The Bertz CT molecular complexity index is 223. The summed E-state index contributed by atoms with van der Waals surface area (Å²) in [5, 5.41) is 9.74. The second-order valence-corrected chi connectivity index (χ2v) is 1.88. The average molecular weight is 135 g/mol. The number of nitrogens with one attached hydrogen (secondary N) is 2. The highest BCUT2D eigenvalue weighted by Crippen LogP contribution is 1.99. The molecule has 0 spiro atoms. The van der Waals surface area contributed by atoms with Crippen LogP contribution in [0.1, 0.15) is 0 Å². The smallest absolute Gasteiger partial charge is 0.0731 e. The van der Waals surface area contributed by atoms with Crippen molar-refractivity contribution < 1.29 is 0 Å². The largest absolute Gasteiger partial charge is 0.396 e. The number of rotatable bonds is 1. The maximum atomic E-state index is 6.84. The van der Waals surface area contributed by atoms with Crippen LogP contribution >= 0.6 is 0 Å². The van der Waals surface area contributed by atoms with Gasteiger partial charge in [0.1, 0.15) is 0 Å². The second kappa shape index (κ2) is 2.87. The summed E-state index contributed by atoms with van der Waals surface area (Å²) in [5.41, 5.74) is 6.66. The monoisotopic (exact) mass is 135 g/mol. The highest BCUT2D eigenvalue weighted by Gasteiger charge is 1.95. The van der Waals surface area contributed by atoms with E-state index < -0.39 is 0 Å². The summed E-state index contributed by atoms with van der Waals surface area (Å²) in [7, 11) is 0. The van der Waals surface area contributed by atoms with Crippen LogP contribution in [0.25, 0.3) is 0 Å². The summed E-state index contributed by atoms with van der Waals surface area (Å²) in [6.07, 6.45) is 8.43. The zero-order valence-corrected chi connectivity index (χ0v) is 5.46. The summed E-state index contributed by atoms with van der Waals surface area (Å²) < 4.78 is 0. The fraction of sp³-hybridized carbons (Fsp3) is 0. The lowest BCUT2D eigenvalue weighted by molar-refractivity contribution is 1.07. The molecule has 0 amide bonds. The van der Waals surface area contributed by atoms with Crippen molar-refractivity contribution in [1.29, 1.82) is 5.41 Å². The maximum Gasteiger partial charge on any atom is 0.0731 e. The van der Waals surface area contributed by atoms with Crippen molar-refractivity contribution in [3.05, 3.63) is 35.8 Å². The van der Waals surface area contributed by atoms with Crippen LogP contribution in [0.3, 0.4) is 0 Å². The normalized spacial score (nSPS) is 20.0. The Morgan fingerprint density at radius 1 is 1.60 bits per heavy atom. The van der Waals surface area contributed by atoms with Gasteiger partial charge >= 0.3 is 0 Å². The second-order valence-electron chi connectivity index (χ2n) is 1.88. The number of allylic oxidation sites excluding steroid dienone is 4. The van der Waals surface area contributed by atoms with E-state index in [1.165, 1.54) is 0 Å². The quantitative estimate of drug-likeness (QED) is 0.458. The van der Waals surface area contributed by atoms with Crippen LogP contribution in [0.2, 0.25) is 0 Å². The van der Waals surface area contributed by atoms with Crippen LogP contribution in [-0.4, -0.2) is 6.21 Å². The van der Waals surface area contributed by atoms with Gasteiger partial charge in [0, 0.05) is 12.4 Å². The number of nitrogens with two attached hydrogens (primary N) is 1. The van der Waals surface area contributed by atoms with Crippen molar-refractivity contribution >= 4 is 6.21 Å². The van der Waals surface area contributed by atoms with Gasteiger partial charge in [0.05, 0.1) is 11.4 Å². The Morgan fingerprint density at radius 3 is 2.90 bits per heavy atom. The molecule has 0 fully saturated rings. The van der Waals surface area contributed by atoms with Gasteiger partial charge in [-0.05, 0) is 12.2 Å². The van der Waals surface area contributed by atoms with Gasteiger partial charge in [-0.2, -0.15) is 0 Å². The molecule has 3 nitrogen and oxygen atoms in total. The summed E-state index contributed by atoms with van der Waals surface area (Å²) in [6.45, 7) is 0. The molecule has 1 heterocycles. The minimum atomic E-state index is 0.445. The minimum absolute atomic E-state index is 0.445. The third-order valence-electron chi connectivity index (χ3n) is 1.18. The molecule has 0 bridgehead atoms. The summed E-state index contributed by atoms with van der Waals surface area (Å²) >= 11 is 0. The fourth-order valence-electron chi connectivity index (χ4n) is 0.651. The van der Waals surface area contributed by atoms with Gasteiger partial charge < -0.3 is 16.5 Å². The molecular formula is C7H9N3. The molecule has 0 radical (unpaired) electrons. The van der Waals surface area contributed by atoms with E-state index in [4.69, 9.17) is 11.1 Å². The van der Waals surface area contributed by atoms with Gasteiger partial charge in [-0.1, -0.05) is 6.08 Å². The molecule has 0 aromatic heterocycles. The van der Waals surface area contributed by atoms with E-state index in [1.54, 1.807) is 6.20 Å². The van der Waals surface area contributed by atoms with E-state index >= 15 is 0 Å². The van der Waals surface area contributed by atoms with Gasteiger partial charge in [-0.15, -0.1) is 0 Å². The van der Waals surface area contributed by atoms with Crippen molar-refractivity contribution in [2.24, 2.45) is 5.73 Å². The molecule has 52 valence electrons. The van der Waals surface area contributed by atoms with Crippen LogP contribution in [0.15, 0.2) is 35.8 Å².